The molecule has 0 aliphatic carbocycles. The summed E-state index contributed by atoms with van der Waals surface area (Å²) in [4.78, 5) is 15.8. The van der Waals surface area contributed by atoms with E-state index in [0.29, 0.717) is 16.4 Å². The zero-order valence-corrected chi connectivity index (χ0v) is 16.0. The van der Waals surface area contributed by atoms with Crippen LogP contribution >= 0.6 is 12.2 Å². The van der Waals surface area contributed by atoms with E-state index >= 15 is 0 Å². The van der Waals surface area contributed by atoms with Crippen LogP contribution in [0.1, 0.15) is 54.3 Å². The van der Waals surface area contributed by atoms with E-state index in [-0.39, 0.29) is 11.9 Å². The first kappa shape index (κ1) is 18.1. The molecule has 26 heavy (non-hydrogen) atoms. The molecule has 1 unspecified atom stereocenters. The van der Waals surface area contributed by atoms with E-state index in [1.54, 1.807) is 10.8 Å². The van der Waals surface area contributed by atoms with E-state index in [2.05, 4.69) is 48.4 Å². The number of nitrogens with zero attached hydrogens (tertiary/aromatic N) is 1. The van der Waals surface area contributed by atoms with Gasteiger partial charge in [-0.3, -0.25) is 9.36 Å². The fourth-order valence-electron chi connectivity index (χ4n) is 2.89. The number of H-pyrrole nitrogens is 1. The van der Waals surface area contributed by atoms with Gasteiger partial charge >= 0.3 is 0 Å². The third-order valence-electron chi connectivity index (χ3n) is 4.47. The zero-order valence-electron chi connectivity index (χ0n) is 15.2. The van der Waals surface area contributed by atoms with E-state index < -0.39 is 0 Å². The van der Waals surface area contributed by atoms with Gasteiger partial charge in [0.2, 0.25) is 0 Å². The number of carbonyl (C=O) groups excluding carboxylic acids is 1. The Hall–Kier alpha value is -2.66. The van der Waals surface area contributed by atoms with Gasteiger partial charge in [0.1, 0.15) is 5.69 Å². The summed E-state index contributed by atoms with van der Waals surface area (Å²) in [6.07, 6.45) is 1.65. The highest BCUT2D eigenvalue weighted by Gasteiger charge is 2.17. The van der Waals surface area contributed by atoms with Crippen LogP contribution in [0.25, 0.3) is 5.69 Å². The monoisotopic (exact) mass is 365 g/mol. The van der Waals surface area contributed by atoms with Crippen molar-refractivity contribution in [3.05, 3.63) is 82.4 Å². The molecular weight excluding hydrogens is 342 g/mol. The quantitative estimate of drug-likeness (QED) is 0.614. The van der Waals surface area contributed by atoms with E-state index in [4.69, 9.17) is 12.2 Å². The second-order valence-corrected chi connectivity index (χ2v) is 7.05. The van der Waals surface area contributed by atoms with Crippen LogP contribution in [0.2, 0.25) is 0 Å². The molecule has 0 bridgehead atoms. The molecule has 1 atom stereocenters. The smallest absolute Gasteiger partial charge is 0.270 e. The van der Waals surface area contributed by atoms with Gasteiger partial charge in [0.05, 0.1) is 6.04 Å². The molecule has 0 saturated heterocycles. The second-order valence-electron chi connectivity index (χ2n) is 6.67. The maximum absolute atomic E-state index is 12.8. The number of hydrogen-bond acceptors (Lipinski definition) is 2. The number of aromatic amines is 1. The van der Waals surface area contributed by atoms with Gasteiger partial charge in [-0.1, -0.05) is 56.3 Å². The largest absolute Gasteiger partial charge is 0.344 e. The van der Waals surface area contributed by atoms with Crippen LogP contribution in [0, 0.1) is 4.77 Å². The Balaban J connectivity index is 1.81. The highest BCUT2D eigenvalue weighted by atomic mass is 32.1. The number of hydrogen-bond donors (Lipinski definition) is 2. The van der Waals surface area contributed by atoms with Gasteiger partial charge in [0.25, 0.3) is 5.91 Å². The van der Waals surface area contributed by atoms with Crippen molar-refractivity contribution < 1.29 is 4.79 Å². The first-order chi connectivity index (χ1) is 12.5. The number of amides is 1. The van der Waals surface area contributed by atoms with Gasteiger partial charge in [-0.25, -0.2) is 0 Å². The number of nitrogens with one attached hydrogen (secondary N) is 2. The van der Waals surface area contributed by atoms with Crippen molar-refractivity contribution in [1.82, 2.24) is 14.9 Å². The summed E-state index contributed by atoms with van der Waals surface area (Å²) >= 11 is 5.35. The Kier molecular flexibility index (Phi) is 5.38. The average molecular weight is 366 g/mol. The van der Waals surface area contributed by atoms with Gasteiger partial charge < -0.3 is 10.3 Å². The third kappa shape index (κ3) is 3.78. The van der Waals surface area contributed by atoms with Crippen molar-refractivity contribution in [1.29, 1.82) is 0 Å². The number of para-hydroxylation sites is 1. The topological polar surface area (TPSA) is 49.8 Å². The summed E-state index contributed by atoms with van der Waals surface area (Å²) < 4.78 is 2.24. The van der Waals surface area contributed by atoms with Crippen molar-refractivity contribution in [3.8, 4) is 5.69 Å². The minimum Gasteiger partial charge on any atom is -0.344 e. The molecule has 0 saturated carbocycles. The number of rotatable bonds is 5. The zero-order chi connectivity index (χ0) is 18.7. The molecule has 1 heterocycles. The minimum atomic E-state index is -0.165. The fourth-order valence-corrected chi connectivity index (χ4v) is 3.16. The van der Waals surface area contributed by atoms with Crippen LogP contribution in [-0.2, 0) is 0 Å². The predicted molar refractivity (Wildman–Crippen MR) is 107 cm³/mol. The summed E-state index contributed by atoms with van der Waals surface area (Å²) in [6, 6.07) is 17.9. The molecule has 2 aromatic carbocycles. The molecule has 0 fully saturated rings. The first-order valence-corrected chi connectivity index (χ1v) is 9.14. The maximum atomic E-state index is 12.8. The number of carbonyl (C=O) groups is 1. The first-order valence-electron chi connectivity index (χ1n) is 8.74. The van der Waals surface area contributed by atoms with Gasteiger partial charge in [-0.05, 0) is 48.3 Å². The van der Waals surface area contributed by atoms with Crippen LogP contribution in [0.5, 0.6) is 0 Å². The van der Waals surface area contributed by atoms with Gasteiger partial charge in [-0.2, -0.15) is 0 Å². The normalized spacial score (nSPS) is 12.2. The minimum absolute atomic E-state index is 0.101. The highest BCUT2D eigenvalue weighted by Crippen LogP contribution is 2.19. The standard InChI is InChI=1S/C21H23N3OS/c1-14(2)16-9-11-17(12-10-16)15(3)23-20(25)19-13-22-21(26)24(19)18-7-5-4-6-8-18/h4-15H,1-3H3,(H,22,26)(H,23,25). The molecule has 0 aliphatic heterocycles. The van der Waals surface area contributed by atoms with E-state index in [9.17, 15) is 4.79 Å². The van der Waals surface area contributed by atoms with Crippen LogP contribution < -0.4 is 5.32 Å². The molecule has 0 spiro atoms. The molecule has 4 nitrogen and oxygen atoms in total. The molecule has 1 amide bonds. The molecule has 3 aromatic rings. The number of benzene rings is 2. The Morgan fingerprint density at radius 2 is 1.62 bits per heavy atom. The SMILES string of the molecule is CC(C)c1ccc(C(C)NC(=O)c2c[nH]c(=S)n2-c2ccccc2)cc1. The summed E-state index contributed by atoms with van der Waals surface area (Å²) in [5.74, 6) is 0.325. The molecule has 3 rings (SSSR count). The molecule has 2 N–H and O–H groups in total. The number of aromatic nitrogens is 2. The summed E-state index contributed by atoms with van der Waals surface area (Å²) in [5.41, 5.74) is 3.71. The van der Waals surface area contributed by atoms with Gasteiger partial charge in [0, 0.05) is 11.9 Å². The molecule has 134 valence electrons. The lowest BCUT2D eigenvalue weighted by molar-refractivity contribution is 0.0933. The number of imidazole rings is 1. The molecule has 5 heteroatoms. The lowest BCUT2D eigenvalue weighted by Crippen LogP contribution is -2.28. The lowest BCUT2D eigenvalue weighted by Gasteiger charge is -2.16. The lowest BCUT2D eigenvalue weighted by atomic mass is 9.99. The van der Waals surface area contributed by atoms with Crippen LogP contribution in [0.3, 0.4) is 0 Å². The van der Waals surface area contributed by atoms with E-state index in [1.165, 1.54) is 5.56 Å². The second kappa shape index (κ2) is 7.70. The molecule has 0 radical (unpaired) electrons. The Labute approximate surface area is 158 Å². The maximum Gasteiger partial charge on any atom is 0.270 e. The Bertz CT molecular complexity index is 939. The van der Waals surface area contributed by atoms with Crippen LogP contribution in [0.15, 0.2) is 60.8 Å². The van der Waals surface area contributed by atoms with E-state index in [1.807, 2.05) is 37.3 Å². The van der Waals surface area contributed by atoms with Gasteiger partial charge in [0.15, 0.2) is 4.77 Å². The van der Waals surface area contributed by atoms with Crippen molar-refractivity contribution in [2.45, 2.75) is 32.7 Å². The van der Waals surface area contributed by atoms with Crippen LogP contribution in [-0.4, -0.2) is 15.5 Å². The summed E-state index contributed by atoms with van der Waals surface area (Å²) in [5, 5.41) is 3.06. The van der Waals surface area contributed by atoms with Crippen molar-refractivity contribution in [2.75, 3.05) is 0 Å². The fraction of sp³-hybridized carbons (Fsp3) is 0.238. The van der Waals surface area contributed by atoms with E-state index in [0.717, 1.165) is 11.3 Å². The molecule has 1 aromatic heterocycles. The van der Waals surface area contributed by atoms with Gasteiger partial charge in [-0.15, -0.1) is 0 Å². The van der Waals surface area contributed by atoms with Crippen molar-refractivity contribution in [2.24, 2.45) is 0 Å². The predicted octanol–water partition coefficient (Wildman–Crippen LogP) is 5.15. The summed E-state index contributed by atoms with van der Waals surface area (Å²) in [6.45, 7) is 6.32. The Morgan fingerprint density at radius 3 is 2.23 bits per heavy atom. The highest BCUT2D eigenvalue weighted by molar-refractivity contribution is 7.71. The average Bonchev–Trinajstić information content (AvgIpc) is 3.04. The van der Waals surface area contributed by atoms with Crippen molar-refractivity contribution >= 4 is 18.1 Å². The molecule has 0 aliphatic rings. The summed E-state index contributed by atoms with van der Waals surface area (Å²) in [7, 11) is 0. The molecular formula is C21H23N3OS. The van der Waals surface area contributed by atoms with Crippen molar-refractivity contribution in [3.63, 3.8) is 0 Å². The Morgan fingerprint density at radius 1 is 1.00 bits per heavy atom. The third-order valence-corrected chi connectivity index (χ3v) is 4.77. The van der Waals surface area contributed by atoms with Crippen LogP contribution in [0.4, 0.5) is 0 Å².